The number of carbonyl (C=O) groups excluding carboxylic acids is 2. The fourth-order valence-corrected chi connectivity index (χ4v) is 13.7. The summed E-state index contributed by atoms with van der Waals surface area (Å²) in [5.74, 6) is -0.0148. The number of aliphatic hydroxyl groups is 2. The van der Waals surface area contributed by atoms with Gasteiger partial charge in [-0.3, -0.25) is 9.59 Å². The Labute approximate surface area is 583 Å². The Balaban J connectivity index is 3.37. The van der Waals surface area contributed by atoms with Gasteiger partial charge in [0.25, 0.3) is 0 Å². The molecule has 0 saturated carbocycles. The van der Waals surface area contributed by atoms with Crippen molar-refractivity contribution in [2.75, 3.05) is 13.2 Å². The van der Waals surface area contributed by atoms with Crippen molar-refractivity contribution in [1.82, 2.24) is 5.32 Å². The summed E-state index contributed by atoms with van der Waals surface area (Å²) >= 11 is 0. The number of hydrogen-bond donors (Lipinski definition) is 3. The molecule has 6 heteroatoms. The molecule has 0 saturated heterocycles. The van der Waals surface area contributed by atoms with E-state index in [2.05, 4.69) is 55.6 Å². The zero-order chi connectivity index (χ0) is 67.0. The highest BCUT2D eigenvalue weighted by molar-refractivity contribution is 5.76. The van der Waals surface area contributed by atoms with Crippen molar-refractivity contribution in [1.29, 1.82) is 0 Å². The molecule has 6 nitrogen and oxygen atoms in total. The maximum absolute atomic E-state index is 12.6. The van der Waals surface area contributed by atoms with Crippen molar-refractivity contribution in [3.8, 4) is 0 Å². The van der Waals surface area contributed by atoms with Crippen LogP contribution in [0.1, 0.15) is 483 Å². The largest absolute Gasteiger partial charge is 0.466 e. The molecule has 0 rings (SSSR count). The van der Waals surface area contributed by atoms with Crippen LogP contribution in [0, 0.1) is 0 Å². The van der Waals surface area contributed by atoms with Crippen molar-refractivity contribution >= 4 is 11.9 Å². The summed E-state index contributed by atoms with van der Waals surface area (Å²) in [5.41, 5.74) is 0. The van der Waals surface area contributed by atoms with Gasteiger partial charge in [0.05, 0.1) is 25.4 Å². The normalized spacial score (nSPS) is 12.6. The van der Waals surface area contributed by atoms with Gasteiger partial charge in [-0.2, -0.15) is 0 Å². The van der Waals surface area contributed by atoms with Crippen LogP contribution in [0.2, 0.25) is 0 Å². The molecule has 0 aliphatic carbocycles. The zero-order valence-corrected chi connectivity index (χ0v) is 63.3. The molecule has 0 bridgehead atoms. The second kappa shape index (κ2) is 82.5. The second-order valence-corrected chi connectivity index (χ2v) is 29.5. The van der Waals surface area contributed by atoms with Gasteiger partial charge < -0.3 is 20.3 Å². The molecule has 0 aromatic carbocycles. The van der Waals surface area contributed by atoms with Gasteiger partial charge in [-0.05, 0) is 83.5 Å². The summed E-state index contributed by atoms with van der Waals surface area (Å²) < 4.78 is 5.51. The van der Waals surface area contributed by atoms with Crippen molar-refractivity contribution < 1.29 is 24.5 Å². The van der Waals surface area contributed by atoms with Crippen LogP contribution in [-0.4, -0.2) is 47.4 Å². The average molecular weight is 1310 g/mol. The molecule has 3 N–H and O–H groups in total. The van der Waals surface area contributed by atoms with E-state index in [1.807, 2.05) is 0 Å². The third-order valence-electron chi connectivity index (χ3n) is 20.2. The third kappa shape index (κ3) is 79.0. The van der Waals surface area contributed by atoms with Crippen LogP contribution in [0.5, 0.6) is 0 Å². The Morgan fingerprint density at radius 3 is 0.828 bits per heavy atom. The van der Waals surface area contributed by atoms with Gasteiger partial charge >= 0.3 is 5.97 Å². The molecule has 0 spiro atoms. The van der Waals surface area contributed by atoms with E-state index < -0.39 is 12.1 Å². The number of hydrogen-bond acceptors (Lipinski definition) is 5. The van der Waals surface area contributed by atoms with Gasteiger partial charge in [0, 0.05) is 12.8 Å². The first-order valence-electron chi connectivity index (χ1n) is 42.7. The summed E-state index contributed by atoms with van der Waals surface area (Å²) in [5, 5.41) is 23.5. The van der Waals surface area contributed by atoms with Gasteiger partial charge in [-0.15, -0.1) is 0 Å². The predicted molar refractivity (Wildman–Crippen MR) is 412 cm³/mol. The van der Waals surface area contributed by atoms with Crippen LogP contribution in [0.25, 0.3) is 0 Å². The highest BCUT2D eigenvalue weighted by atomic mass is 16.5. The van der Waals surface area contributed by atoms with Crippen molar-refractivity contribution in [3.63, 3.8) is 0 Å². The standard InChI is InChI=1S/C87H167NO5/c1-3-5-7-9-11-13-15-17-19-21-23-24-25-35-38-41-44-47-51-55-59-63-67-71-75-79-85(90)84(83-89)88-86(91)80-76-72-68-64-60-56-52-48-45-42-39-36-33-31-29-27-26-28-30-32-34-37-40-43-46-50-54-58-62-66-70-74-78-82-93-87(92)81-77-73-69-65-61-57-53-49-22-20-18-16-14-12-10-8-6-4-2/h20,22,30,32,37,40,84-85,89-90H,3-19,21,23-29,31,33-36,38-39,41-83H2,1-2H3,(H,88,91)/b22-20-,32-30-,40-37-. The summed E-state index contributed by atoms with van der Waals surface area (Å²) in [4.78, 5) is 24.7. The number of nitrogens with one attached hydrogen (secondary N) is 1. The minimum Gasteiger partial charge on any atom is -0.466 e. The highest BCUT2D eigenvalue weighted by Gasteiger charge is 2.20. The first-order valence-corrected chi connectivity index (χ1v) is 42.7. The molecule has 0 aromatic rings. The number of amides is 1. The van der Waals surface area contributed by atoms with E-state index in [9.17, 15) is 19.8 Å². The van der Waals surface area contributed by atoms with Crippen molar-refractivity contribution in [2.24, 2.45) is 0 Å². The predicted octanol–water partition coefficient (Wildman–Crippen LogP) is 28.6. The second-order valence-electron chi connectivity index (χ2n) is 29.5. The molecule has 93 heavy (non-hydrogen) atoms. The molecule has 0 heterocycles. The minimum atomic E-state index is -0.665. The zero-order valence-electron chi connectivity index (χ0n) is 63.3. The average Bonchev–Trinajstić information content (AvgIpc) is 3.78. The first-order chi connectivity index (χ1) is 46.0. The van der Waals surface area contributed by atoms with Crippen LogP contribution in [0.4, 0.5) is 0 Å². The lowest BCUT2D eigenvalue weighted by molar-refractivity contribution is -0.143. The number of carbonyl (C=O) groups is 2. The summed E-state index contributed by atoms with van der Waals surface area (Å²) in [6.45, 7) is 5.00. The van der Waals surface area contributed by atoms with Crippen molar-refractivity contribution in [2.45, 2.75) is 495 Å². The SMILES string of the molecule is CCCCCCCCC/C=C\CCCCCCCCCC(=O)OCCCCCCCCCCC/C=C\C/C=C\CCCCCCCCCCCCCCCCCCCC(=O)NC(CO)C(O)CCCCCCCCCCCCCCCCCCCCCCCCCCC. The number of rotatable bonds is 81. The van der Waals surface area contributed by atoms with Crippen molar-refractivity contribution in [3.05, 3.63) is 36.5 Å². The molecule has 1 amide bonds. The van der Waals surface area contributed by atoms with E-state index in [1.165, 1.54) is 398 Å². The summed E-state index contributed by atoms with van der Waals surface area (Å²) in [6.07, 6.45) is 108. The Kier molecular flexibility index (Phi) is 80.8. The van der Waals surface area contributed by atoms with Gasteiger partial charge in [0.2, 0.25) is 5.91 Å². The molecular formula is C87H167NO5. The minimum absolute atomic E-state index is 0.0123. The number of aliphatic hydroxyl groups excluding tert-OH is 2. The fraction of sp³-hybridized carbons (Fsp3) is 0.908. The van der Waals surface area contributed by atoms with Gasteiger partial charge in [-0.1, -0.05) is 423 Å². The Hall–Kier alpha value is -1.92. The van der Waals surface area contributed by atoms with E-state index in [-0.39, 0.29) is 18.5 Å². The molecular weight excluding hydrogens is 1140 g/mol. The van der Waals surface area contributed by atoms with Gasteiger partial charge in [0.1, 0.15) is 0 Å². The quantitative estimate of drug-likeness (QED) is 0.0320. The van der Waals surface area contributed by atoms with E-state index in [1.54, 1.807) is 0 Å². The maximum atomic E-state index is 12.6. The topological polar surface area (TPSA) is 95.9 Å². The molecule has 0 aliphatic heterocycles. The smallest absolute Gasteiger partial charge is 0.305 e. The Bertz CT molecular complexity index is 1510. The van der Waals surface area contributed by atoms with Gasteiger partial charge in [-0.25, -0.2) is 0 Å². The van der Waals surface area contributed by atoms with Crippen LogP contribution in [-0.2, 0) is 14.3 Å². The molecule has 0 fully saturated rings. The number of esters is 1. The van der Waals surface area contributed by atoms with Crippen LogP contribution in [0.3, 0.4) is 0 Å². The van der Waals surface area contributed by atoms with Crippen LogP contribution >= 0.6 is 0 Å². The number of ether oxygens (including phenoxy) is 1. The number of allylic oxidation sites excluding steroid dienone is 6. The molecule has 0 aromatic heterocycles. The van der Waals surface area contributed by atoms with Crippen LogP contribution < -0.4 is 5.32 Å². The molecule has 0 aliphatic rings. The lowest BCUT2D eigenvalue weighted by Gasteiger charge is -2.22. The monoisotopic (exact) mass is 1310 g/mol. The Morgan fingerprint density at radius 1 is 0.301 bits per heavy atom. The molecule has 550 valence electrons. The maximum Gasteiger partial charge on any atom is 0.305 e. The van der Waals surface area contributed by atoms with Crippen LogP contribution in [0.15, 0.2) is 36.5 Å². The van der Waals surface area contributed by atoms with E-state index in [4.69, 9.17) is 4.74 Å². The summed E-state index contributed by atoms with van der Waals surface area (Å²) in [7, 11) is 0. The fourth-order valence-electron chi connectivity index (χ4n) is 13.7. The molecule has 2 atom stereocenters. The van der Waals surface area contributed by atoms with Gasteiger partial charge in [0.15, 0.2) is 0 Å². The Morgan fingerprint density at radius 2 is 0.538 bits per heavy atom. The lowest BCUT2D eigenvalue weighted by atomic mass is 10.0. The third-order valence-corrected chi connectivity index (χ3v) is 20.2. The molecule has 0 radical (unpaired) electrons. The van der Waals surface area contributed by atoms with E-state index in [0.29, 0.717) is 25.9 Å². The first kappa shape index (κ1) is 91.1. The van der Waals surface area contributed by atoms with E-state index >= 15 is 0 Å². The number of unbranched alkanes of at least 4 members (excludes halogenated alkanes) is 64. The van der Waals surface area contributed by atoms with E-state index in [0.717, 1.165) is 51.4 Å². The lowest BCUT2D eigenvalue weighted by Crippen LogP contribution is -2.45. The molecule has 2 unspecified atom stereocenters. The highest BCUT2D eigenvalue weighted by Crippen LogP contribution is 2.20. The summed E-state index contributed by atoms with van der Waals surface area (Å²) in [6, 6.07) is -0.542.